The Hall–Kier alpha value is -1.34. The first-order valence-corrected chi connectivity index (χ1v) is 12.4. The lowest BCUT2D eigenvalue weighted by atomic mass is 10.0. The molecule has 148 valence electrons. The molecule has 27 heavy (non-hydrogen) atoms. The average molecular weight is 409 g/mol. The largest absolute Gasteiger partial charge is 0.315 e. The Labute approximate surface area is 166 Å². The molecule has 2 aliphatic rings. The third kappa shape index (κ3) is 3.94. The van der Waals surface area contributed by atoms with Gasteiger partial charge in [0.1, 0.15) is 0 Å². The lowest BCUT2D eigenvalue weighted by Gasteiger charge is -2.29. The van der Waals surface area contributed by atoms with Crippen molar-refractivity contribution < 1.29 is 13.2 Å². The maximum atomic E-state index is 12.5. The number of thioether (sulfide) groups is 1. The van der Waals surface area contributed by atoms with E-state index in [0.29, 0.717) is 5.17 Å². The summed E-state index contributed by atoms with van der Waals surface area (Å²) in [6, 6.07) is 6.07. The summed E-state index contributed by atoms with van der Waals surface area (Å²) in [7, 11) is -3.06. The molecule has 5 nitrogen and oxygen atoms in total. The zero-order valence-electron chi connectivity index (χ0n) is 16.4. The number of amides is 1. The van der Waals surface area contributed by atoms with E-state index in [9.17, 15) is 13.2 Å². The number of aryl methyl sites for hydroxylation is 2. The highest BCUT2D eigenvalue weighted by Gasteiger charge is 2.50. The topological polar surface area (TPSA) is 66.8 Å². The molecule has 2 aliphatic heterocycles. The van der Waals surface area contributed by atoms with Crippen molar-refractivity contribution in [3.8, 4) is 0 Å². The van der Waals surface area contributed by atoms with Crippen molar-refractivity contribution in [3.63, 3.8) is 0 Å². The standard InChI is InChI=1S/C20H28N2O3S2/c1-5-13(4)19(23)21-20-22(16-11-27(24,25)12-17(16)26-20)18-14(6-2)9-8-10-15(18)7-3/h8-10,13,16-17H,5-7,11-12H2,1-4H3/t13-,16-,17+/m0/s1. The smallest absolute Gasteiger partial charge is 0.250 e. The Morgan fingerprint density at radius 3 is 2.41 bits per heavy atom. The van der Waals surface area contributed by atoms with Crippen LogP contribution in [-0.4, -0.2) is 42.3 Å². The van der Waals surface area contributed by atoms with Gasteiger partial charge in [-0.2, -0.15) is 4.99 Å². The van der Waals surface area contributed by atoms with E-state index in [0.717, 1.165) is 24.9 Å². The number of benzene rings is 1. The fourth-order valence-electron chi connectivity index (χ4n) is 3.73. The number of hydrogen-bond acceptors (Lipinski definition) is 4. The molecule has 0 aliphatic carbocycles. The fourth-order valence-corrected chi connectivity index (χ4v) is 7.63. The summed E-state index contributed by atoms with van der Waals surface area (Å²) in [4.78, 5) is 19.0. The van der Waals surface area contributed by atoms with Crippen LogP contribution in [0.1, 0.15) is 45.2 Å². The molecular formula is C20H28N2O3S2. The molecule has 0 spiro atoms. The van der Waals surface area contributed by atoms with E-state index in [1.54, 1.807) is 0 Å². The van der Waals surface area contributed by atoms with Crippen molar-refractivity contribution in [1.82, 2.24) is 0 Å². The van der Waals surface area contributed by atoms with Gasteiger partial charge in [0.25, 0.3) is 5.91 Å². The van der Waals surface area contributed by atoms with Gasteiger partial charge in [-0.1, -0.05) is 57.7 Å². The summed E-state index contributed by atoms with van der Waals surface area (Å²) in [6.07, 6.45) is 2.44. The minimum Gasteiger partial charge on any atom is -0.315 e. The van der Waals surface area contributed by atoms with E-state index < -0.39 is 9.84 Å². The van der Waals surface area contributed by atoms with Gasteiger partial charge in [-0.05, 0) is 30.4 Å². The van der Waals surface area contributed by atoms with Crippen molar-refractivity contribution in [2.24, 2.45) is 10.9 Å². The first-order valence-electron chi connectivity index (χ1n) is 9.70. The Kier molecular flexibility index (Phi) is 6.01. The third-order valence-corrected chi connectivity index (χ3v) is 8.72. The van der Waals surface area contributed by atoms with E-state index in [1.807, 2.05) is 19.9 Å². The summed E-state index contributed by atoms with van der Waals surface area (Å²) >= 11 is 1.46. The zero-order valence-corrected chi connectivity index (χ0v) is 18.1. The lowest BCUT2D eigenvalue weighted by Crippen LogP contribution is -2.39. The molecule has 0 radical (unpaired) electrons. The van der Waals surface area contributed by atoms with E-state index >= 15 is 0 Å². The fraction of sp³-hybridized carbons (Fsp3) is 0.600. The molecule has 1 aromatic rings. The number of aliphatic imine (C=N–C) groups is 1. The Bertz CT molecular complexity index is 842. The van der Waals surface area contributed by atoms with Crippen LogP contribution < -0.4 is 4.90 Å². The number of anilines is 1. The number of carbonyl (C=O) groups is 1. The summed E-state index contributed by atoms with van der Waals surface area (Å²) in [5.41, 5.74) is 3.39. The van der Waals surface area contributed by atoms with E-state index in [-0.39, 0.29) is 34.6 Å². The molecule has 0 bridgehead atoms. The second-order valence-electron chi connectivity index (χ2n) is 7.34. The highest BCUT2D eigenvalue weighted by Crippen LogP contribution is 2.43. The first kappa shape index (κ1) is 20.4. The van der Waals surface area contributed by atoms with Gasteiger partial charge in [-0.15, -0.1) is 0 Å². The van der Waals surface area contributed by atoms with Gasteiger partial charge in [0.05, 0.1) is 17.5 Å². The van der Waals surface area contributed by atoms with E-state index in [1.165, 1.54) is 22.9 Å². The number of carbonyl (C=O) groups excluding carboxylic acids is 1. The molecule has 2 heterocycles. The van der Waals surface area contributed by atoms with Gasteiger partial charge in [-0.25, -0.2) is 8.42 Å². The SMILES string of the molecule is CCc1cccc(CC)c1N1C(=NC(=O)[C@@H](C)CC)S[C@@H]2CS(=O)(=O)C[C@@H]21. The number of amidine groups is 1. The first-order chi connectivity index (χ1) is 12.8. The predicted octanol–water partition coefficient (Wildman–Crippen LogP) is 3.46. The van der Waals surface area contributed by atoms with Gasteiger partial charge in [0.15, 0.2) is 15.0 Å². The molecular weight excluding hydrogens is 380 g/mol. The summed E-state index contributed by atoms with van der Waals surface area (Å²) < 4.78 is 24.5. The Morgan fingerprint density at radius 2 is 1.85 bits per heavy atom. The van der Waals surface area contributed by atoms with Crippen LogP contribution in [0.15, 0.2) is 23.2 Å². The van der Waals surface area contributed by atoms with Crippen molar-refractivity contribution in [2.45, 2.75) is 58.2 Å². The highest BCUT2D eigenvalue weighted by atomic mass is 32.2. The van der Waals surface area contributed by atoms with Crippen LogP contribution in [0, 0.1) is 5.92 Å². The van der Waals surface area contributed by atoms with Crippen molar-refractivity contribution >= 4 is 38.4 Å². The maximum absolute atomic E-state index is 12.5. The zero-order chi connectivity index (χ0) is 19.8. The molecule has 7 heteroatoms. The van der Waals surface area contributed by atoms with Crippen molar-refractivity contribution in [1.29, 1.82) is 0 Å². The minimum atomic E-state index is -3.06. The van der Waals surface area contributed by atoms with Gasteiger partial charge in [0.2, 0.25) is 0 Å². The maximum Gasteiger partial charge on any atom is 0.250 e. The van der Waals surface area contributed by atoms with Crippen LogP contribution in [0.25, 0.3) is 0 Å². The molecule has 3 atom stereocenters. The number of sulfone groups is 1. The molecule has 0 aromatic heterocycles. The van der Waals surface area contributed by atoms with Crippen LogP contribution in [-0.2, 0) is 27.5 Å². The number of hydrogen-bond donors (Lipinski definition) is 0. The number of para-hydroxylation sites is 1. The van der Waals surface area contributed by atoms with Gasteiger partial charge in [-0.3, -0.25) is 4.79 Å². The van der Waals surface area contributed by atoms with E-state index in [2.05, 4.69) is 35.9 Å². The number of nitrogens with zero attached hydrogens (tertiary/aromatic N) is 2. The molecule has 1 aromatic carbocycles. The van der Waals surface area contributed by atoms with Crippen molar-refractivity contribution in [3.05, 3.63) is 29.3 Å². The van der Waals surface area contributed by atoms with Crippen LogP contribution >= 0.6 is 11.8 Å². The Balaban J connectivity index is 2.12. The molecule has 2 fully saturated rings. The average Bonchev–Trinajstić information content (AvgIpc) is 3.10. The molecule has 0 saturated carbocycles. The van der Waals surface area contributed by atoms with Gasteiger partial charge < -0.3 is 4.90 Å². The molecule has 3 rings (SSSR count). The molecule has 2 saturated heterocycles. The van der Waals surface area contributed by atoms with Gasteiger partial charge >= 0.3 is 0 Å². The monoisotopic (exact) mass is 408 g/mol. The summed E-state index contributed by atoms with van der Waals surface area (Å²) in [5, 5.41) is 0.605. The number of fused-ring (bicyclic) bond motifs is 1. The molecule has 0 unspecified atom stereocenters. The normalized spacial score (nSPS) is 26.4. The van der Waals surface area contributed by atoms with Crippen molar-refractivity contribution in [2.75, 3.05) is 16.4 Å². The van der Waals surface area contributed by atoms with Crippen LogP contribution in [0.2, 0.25) is 0 Å². The minimum absolute atomic E-state index is 0.0619. The summed E-state index contributed by atoms with van der Waals surface area (Å²) in [6.45, 7) is 8.07. The Morgan fingerprint density at radius 1 is 1.22 bits per heavy atom. The van der Waals surface area contributed by atoms with Crippen LogP contribution in [0.4, 0.5) is 5.69 Å². The molecule has 0 N–H and O–H groups in total. The van der Waals surface area contributed by atoms with E-state index in [4.69, 9.17) is 0 Å². The predicted molar refractivity (Wildman–Crippen MR) is 113 cm³/mol. The van der Waals surface area contributed by atoms with Crippen LogP contribution in [0.5, 0.6) is 0 Å². The number of rotatable bonds is 5. The third-order valence-electron chi connectivity index (χ3n) is 5.51. The molecule has 1 amide bonds. The second kappa shape index (κ2) is 7.95. The highest BCUT2D eigenvalue weighted by molar-refractivity contribution is 8.16. The second-order valence-corrected chi connectivity index (χ2v) is 10.7. The summed E-state index contributed by atoms with van der Waals surface area (Å²) in [5.74, 6) is 0.0316. The lowest BCUT2D eigenvalue weighted by molar-refractivity contribution is -0.121. The quantitative estimate of drug-likeness (QED) is 0.746. The van der Waals surface area contributed by atoms with Gasteiger partial charge in [0, 0.05) is 16.9 Å². The van der Waals surface area contributed by atoms with Crippen LogP contribution in [0.3, 0.4) is 0 Å².